The van der Waals surface area contributed by atoms with E-state index >= 15 is 0 Å². The number of nitrogens with one attached hydrogen (secondary N) is 3. The number of para-hydroxylation sites is 2. The van der Waals surface area contributed by atoms with Crippen molar-refractivity contribution in [1.29, 1.82) is 0 Å². The molecule has 0 radical (unpaired) electrons. The van der Waals surface area contributed by atoms with Crippen molar-refractivity contribution in [1.82, 2.24) is 20.6 Å². The third-order valence-corrected chi connectivity index (χ3v) is 5.45. The number of rotatable bonds is 8. The van der Waals surface area contributed by atoms with E-state index < -0.39 is 11.8 Å². The Kier molecular flexibility index (Phi) is 7.25. The van der Waals surface area contributed by atoms with Crippen molar-refractivity contribution in [3.63, 3.8) is 0 Å². The van der Waals surface area contributed by atoms with Gasteiger partial charge in [0.15, 0.2) is 0 Å². The molecule has 2 amide bonds. The summed E-state index contributed by atoms with van der Waals surface area (Å²) in [7, 11) is 1.58. The van der Waals surface area contributed by atoms with Gasteiger partial charge in [-0.15, -0.1) is 0 Å². The summed E-state index contributed by atoms with van der Waals surface area (Å²) in [5, 5.41) is 5.84. The number of amides is 2. The molecule has 1 aromatic heterocycles. The van der Waals surface area contributed by atoms with Gasteiger partial charge in [0.2, 0.25) is 0 Å². The van der Waals surface area contributed by atoms with Gasteiger partial charge >= 0.3 is 0 Å². The number of hydrogen-bond donors (Lipinski definition) is 3. The first-order chi connectivity index (χ1) is 16.5. The van der Waals surface area contributed by atoms with Crippen LogP contribution in [0.25, 0.3) is 17.1 Å². The molecule has 8 heteroatoms. The number of H-pyrrole nitrogens is 1. The standard InChI is InChI=1S/C26H23ClN4O3/c1-34-18-12-10-17(11-13-18)16-23(31-25(32)19-6-2-3-7-20(19)27)26(33)28-15-14-24-29-21-8-4-5-9-22(21)30-24/h2-13,16H,14-15H2,1H3,(H,28,33)(H,29,30)(H,31,32). The number of fused-ring (bicyclic) bond motifs is 1. The normalized spacial score (nSPS) is 11.3. The molecule has 1 heterocycles. The molecular weight excluding hydrogens is 452 g/mol. The summed E-state index contributed by atoms with van der Waals surface area (Å²) in [6, 6.07) is 21.5. The van der Waals surface area contributed by atoms with E-state index in [1.165, 1.54) is 0 Å². The number of hydrogen-bond acceptors (Lipinski definition) is 4. The lowest BCUT2D eigenvalue weighted by Crippen LogP contribution is -2.36. The molecule has 172 valence electrons. The summed E-state index contributed by atoms with van der Waals surface area (Å²) in [5.41, 5.74) is 2.91. The second-order valence-corrected chi connectivity index (χ2v) is 7.88. The Bertz CT molecular complexity index is 1310. The fourth-order valence-corrected chi connectivity index (χ4v) is 3.60. The van der Waals surface area contributed by atoms with Crippen molar-refractivity contribution >= 4 is 40.5 Å². The van der Waals surface area contributed by atoms with Crippen LogP contribution in [-0.2, 0) is 11.2 Å². The molecule has 0 atom stereocenters. The molecular formula is C26H23ClN4O3. The lowest BCUT2D eigenvalue weighted by atomic mass is 10.1. The smallest absolute Gasteiger partial charge is 0.267 e. The monoisotopic (exact) mass is 474 g/mol. The lowest BCUT2D eigenvalue weighted by Gasteiger charge is -2.12. The van der Waals surface area contributed by atoms with Gasteiger partial charge in [0, 0.05) is 13.0 Å². The van der Waals surface area contributed by atoms with Gasteiger partial charge in [-0.05, 0) is 48.0 Å². The highest BCUT2D eigenvalue weighted by Crippen LogP contribution is 2.17. The minimum atomic E-state index is -0.474. The highest BCUT2D eigenvalue weighted by atomic mass is 35.5. The molecule has 0 spiro atoms. The van der Waals surface area contributed by atoms with Crippen LogP contribution in [0.1, 0.15) is 21.7 Å². The molecule has 0 aliphatic rings. The number of aromatic nitrogens is 2. The summed E-state index contributed by atoms with van der Waals surface area (Å²) >= 11 is 6.16. The molecule has 0 bridgehead atoms. The predicted molar refractivity (Wildman–Crippen MR) is 133 cm³/mol. The minimum Gasteiger partial charge on any atom is -0.497 e. The Morgan fingerprint density at radius 2 is 1.76 bits per heavy atom. The zero-order valence-electron chi connectivity index (χ0n) is 18.5. The molecule has 34 heavy (non-hydrogen) atoms. The third kappa shape index (κ3) is 5.63. The average Bonchev–Trinajstić information content (AvgIpc) is 3.27. The molecule has 3 N–H and O–H groups in total. The number of nitrogens with zero attached hydrogens (tertiary/aromatic N) is 1. The summed E-state index contributed by atoms with van der Waals surface area (Å²) in [4.78, 5) is 33.6. The van der Waals surface area contributed by atoms with Gasteiger partial charge in [0.1, 0.15) is 17.3 Å². The molecule has 4 rings (SSSR count). The van der Waals surface area contributed by atoms with Crippen LogP contribution in [0.5, 0.6) is 5.75 Å². The zero-order valence-corrected chi connectivity index (χ0v) is 19.2. The van der Waals surface area contributed by atoms with Crippen molar-refractivity contribution in [3.05, 3.63) is 100 Å². The highest BCUT2D eigenvalue weighted by Gasteiger charge is 2.16. The zero-order chi connectivity index (χ0) is 23.9. The molecule has 0 aliphatic carbocycles. The maximum Gasteiger partial charge on any atom is 0.267 e. The van der Waals surface area contributed by atoms with Gasteiger partial charge in [-0.25, -0.2) is 4.98 Å². The molecule has 0 saturated heterocycles. The van der Waals surface area contributed by atoms with Gasteiger partial charge in [0.05, 0.1) is 28.7 Å². The Morgan fingerprint density at radius 1 is 1.03 bits per heavy atom. The molecule has 3 aromatic carbocycles. The number of methoxy groups -OCH3 is 1. The van der Waals surface area contributed by atoms with Crippen molar-refractivity contribution in [2.75, 3.05) is 13.7 Å². The Hall–Kier alpha value is -4.10. The largest absolute Gasteiger partial charge is 0.497 e. The second kappa shape index (κ2) is 10.7. The van der Waals surface area contributed by atoms with Gasteiger partial charge in [-0.3, -0.25) is 9.59 Å². The second-order valence-electron chi connectivity index (χ2n) is 7.47. The van der Waals surface area contributed by atoms with Gasteiger partial charge < -0.3 is 20.4 Å². The van der Waals surface area contributed by atoms with Crippen LogP contribution in [0.2, 0.25) is 5.02 Å². The van der Waals surface area contributed by atoms with Crippen LogP contribution < -0.4 is 15.4 Å². The van der Waals surface area contributed by atoms with E-state index in [1.54, 1.807) is 61.7 Å². The van der Waals surface area contributed by atoms with Crippen LogP contribution in [0.4, 0.5) is 0 Å². The van der Waals surface area contributed by atoms with E-state index in [-0.39, 0.29) is 11.3 Å². The molecule has 0 unspecified atom stereocenters. The summed E-state index contributed by atoms with van der Waals surface area (Å²) in [6.45, 7) is 0.334. The van der Waals surface area contributed by atoms with Crippen molar-refractivity contribution in [3.8, 4) is 5.75 Å². The molecule has 4 aromatic rings. The van der Waals surface area contributed by atoms with Crippen molar-refractivity contribution in [2.45, 2.75) is 6.42 Å². The van der Waals surface area contributed by atoms with E-state index in [9.17, 15) is 9.59 Å². The highest BCUT2D eigenvalue weighted by molar-refractivity contribution is 6.34. The first-order valence-electron chi connectivity index (χ1n) is 10.7. The van der Waals surface area contributed by atoms with Crippen LogP contribution >= 0.6 is 11.6 Å². The quantitative estimate of drug-likeness (QED) is 0.331. The number of benzene rings is 3. The number of halogens is 1. The van der Waals surface area contributed by atoms with Crippen LogP contribution in [0.15, 0.2) is 78.5 Å². The van der Waals surface area contributed by atoms with E-state index in [0.717, 1.165) is 22.4 Å². The van der Waals surface area contributed by atoms with Crippen LogP contribution in [-0.4, -0.2) is 35.4 Å². The summed E-state index contributed by atoms with van der Waals surface area (Å²) < 4.78 is 5.18. The molecule has 0 fully saturated rings. The number of carbonyl (C=O) groups excluding carboxylic acids is 2. The molecule has 0 aliphatic heterocycles. The number of imidazole rings is 1. The van der Waals surface area contributed by atoms with Crippen molar-refractivity contribution < 1.29 is 14.3 Å². The van der Waals surface area contributed by atoms with Gasteiger partial charge in [-0.1, -0.05) is 48.0 Å². The predicted octanol–water partition coefficient (Wildman–Crippen LogP) is 4.35. The molecule has 0 saturated carbocycles. The first kappa shape index (κ1) is 23.1. The van der Waals surface area contributed by atoms with Crippen molar-refractivity contribution in [2.24, 2.45) is 0 Å². The fraction of sp³-hybridized carbons (Fsp3) is 0.115. The first-order valence-corrected chi connectivity index (χ1v) is 11.0. The number of ether oxygens (including phenoxy) is 1. The summed E-state index contributed by atoms with van der Waals surface area (Å²) in [5.74, 6) is 0.557. The Morgan fingerprint density at radius 3 is 2.50 bits per heavy atom. The van der Waals surface area contributed by atoms with E-state index in [4.69, 9.17) is 16.3 Å². The van der Waals surface area contributed by atoms with Gasteiger partial charge in [0.25, 0.3) is 11.8 Å². The fourth-order valence-electron chi connectivity index (χ4n) is 3.37. The Labute approximate surface area is 201 Å². The third-order valence-electron chi connectivity index (χ3n) is 5.12. The molecule has 7 nitrogen and oxygen atoms in total. The van der Waals surface area contributed by atoms with E-state index in [1.807, 2.05) is 24.3 Å². The minimum absolute atomic E-state index is 0.0969. The maximum absolute atomic E-state index is 13.0. The van der Waals surface area contributed by atoms with Crippen LogP contribution in [0.3, 0.4) is 0 Å². The van der Waals surface area contributed by atoms with Gasteiger partial charge in [-0.2, -0.15) is 0 Å². The average molecular weight is 475 g/mol. The SMILES string of the molecule is COc1ccc(C=C(NC(=O)c2ccccc2Cl)C(=O)NCCc2nc3ccccc3[nH]2)cc1. The number of carbonyl (C=O) groups is 2. The van der Waals surface area contributed by atoms with Crippen LogP contribution in [0, 0.1) is 0 Å². The number of aromatic amines is 1. The van der Waals surface area contributed by atoms with E-state index in [0.29, 0.717) is 23.7 Å². The maximum atomic E-state index is 13.0. The lowest BCUT2D eigenvalue weighted by molar-refractivity contribution is -0.117. The summed E-state index contributed by atoms with van der Waals surface area (Å²) in [6.07, 6.45) is 2.11. The van der Waals surface area contributed by atoms with E-state index in [2.05, 4.69) is 20.6 Å². The topological polar surface area (TPSA) is 96.1 Å². The Balaban J connectivity index is 1.49.